The molecule has 2 N–H and O–H groups in total. The summed E-state index contributed by atoms with van der Waals surface area (Å²) >= 11 is 0. The number of ether oxygens (including phenoxy) is 1. The van der Waals surface area contributed by atoms with Crippen LogP contribution in [-0.2, 0) is 19.1 Å². The van der Waals surface area contributed by atoms with Crippen molar-refractivity contribution in [2.75, 3.05) is 13.7 Å². The van der Waals surface area contributed by atoms with E-state index in [1.54, 1.807) is 0 Å². The highest BCUT2D eigenvalue weighted by Crippen LogP contribution is 2.10. The molecule has 0 aromatic heterocycles. The quantitative estimate of drug-likeness (QED) is 0.593. The molecule has 6 heteroatoms. The topological polar surface area (TPSA) is 101 Å². The number of ketones is 1. The second-order valence-corrected chi connectivity index (χ2v) is 2.79. The molecule has 0 atom stereocenters. The molecule has 0 unspecified atom stereocenters. The van der Waals surface area contributed by atoms with Gasteiger partial charge in [-0.25, -0.2) is 0 Å². The predicted octanol–water partition coefficient (Wildman–Crippen LogP) is -0.232. The third kappa shape index (κ3) is 5.26. The van der Waals surface area contributed by atoms with Gasteiger partial charge in [0.25, 0.3) is 0 Å². The Morgan fingerprint density at radius 2 is 1.57 bits per heavy atom. The Morgan fingerprint density at radius 3 is 1.86 bits per heavy atom. The normalized spacial score (nSPS) is 10.1. The first-order valence-corrected chi connectivity index (χ1v) is 3.92. The lowest BCUT2D eigenvalue weighted by molar-refractivity contribution is -0.145. The first-order valence-electron chi connectivity index (χ1n) is 3.92. The number of carboxylic acid groups (broad SMARTS) is 2. The highest BCUT2D eigenvalue weighted by Gasteiger charge is 2.23. The maximum Gasteiger partial charge on any atom is 0.304 e. The molecule has 0 saturated carbocycles. The van der Waals surface area contributed by atoms with Crippen LogP contribution in [0.2, 0.25) is 0 Å². The first-order chi connectivity index (χ1) is 6.47. The fourth-order valence-electron chi connectivity index (χ4n) is 0.982. The monoisotopic (exact) mass is 204 g/mol. The van der Waals surface area contributed by atoms with Crippen LogP contribution in [0.15, 0.2) is 0 Å². The Labute approximate surface area is 80.5 Å². The van der Waals surface area contributed by atoms with Crippen LogP contribution < -0.4 is 0 Å². The molecule has 0 aromatic rings. The van der Waals surface area contributed by atoms with Gasteiger partial charge >= 0.3 is 11.9 Å². The smallest absolute Gasteiger partial charge is 0.304 e. The summed E-state index contributed by atoms with van der Waals surface area (Å²) in [6, 6.07) is 0. The van der Waals surface area contributed by atoms with Gasteiger partial charge in [0, 0.05) is 13.0 Å². The average molecular weight is 204 g/mol. The second kappa shape index (κ2) is 6.09. The first kappa shape index (κ1) is 12.6. The standard InChI is InChI=1S/C8H12O6/c1-14-4-6(9)5(2-7(10)11)3-8(12)13/h5H,2-4H2,1H3,(H,10,11)(H,12,13). The Morgan fingerprint density at radius 1 is 1.14 bits per heavy atom. The second-order valence-electron chi connectivity index (χ2n) is 2.79. The average Bonchev–Trinajstić information content (AvgIpc) is 2.01. The highest BCUT2D eigenvalue weighted by atomic mass is 16.5. The Balaban J connectivity index is 4.29. The lowest BCUT2D eigenvalue weighted by atomic mass is 9.97. The molecule has 0 bridgehead atoms. The molecule has 0 aliphatic heterocycles. The molecule has 80 valence electrons. The number of aliphatic carboxylic acids is 2. The van der Waals surface area contributed by atoms with Crippen molar-refractivity contribution in [2.45, 2.75) is 12.8 Å². The van der Waals surface area contributed by atoms with E-state index in [1.165, 1.54) is 7.11 Å². The summed E-state index contributed by atoms with van der Waals surface area (Å²) in [5.74, 6) is -3.90. The Hall–Kier alpha value is -1.43. The van der Waals surface area contributed by atoms with E-state index in [4.69, 9.17) is 10.2 Å². The minimum atomic E-state index is -1.19. The number of rotatable bonds is 7. The molecule has 0 amide bonds. The number of hydrogen-bond acceptors (Lipinski definition) is 4. The zero-order valence-electron chi connectivity index (χ0n) is 7.73. The van der Waals surface area contributed by atoms with Crippen LogP contribution in [0, 0.1) is 5.92 Å². The van der Waals surface area contributed by atoms with Gasteiger partial charge in [0.15, 0.2) is 5.78 Å². The minimum Gasteiger partial charge on any atom is -0.481 e. The van der Waals surface area contributed by atoms with Crippen LogP contribution in [-0.4, -0.2) is 41.7 Å². The lowest BCUT2D eigenvalue weighted by Gasteiger charge is -2.09. The Bertz CT molecular complexity index is 218. The number of methoxy groups -OCH3 is 1. The minimum absolute atomic E-state index is 0.259. The molecule has 0 aliphatic carbocycles. The molecule has 6 nitrogen and oxygen atoms in total. The molecule has 0 spiro atoms. The van der Waals surface area contributed by atoms with Gasteiger partial charge in [-0.2, -0.15) is 0 Å². The summed E-state index contributed by atoms with van der Waals surface area (Å²) in [6.45, 7) is -0.259. The van der Waals surface area contributed by atoms with Gasteiger partial charge in [0.1, 0.15) is 6.61 Å². The molecule has 14 heavy (non-hydrogen) atoms. The highest BCUT2D eigenvalue weighted by molar-refractivity contribution is 5.88. The van der Waals surface area contributed by atoms with Crippen molar-refractivity contribution in [3.8, 4) is 0 Å². The summed E-state index contributed by atoms with van der Waals surface area (Å²) in [5.41, 5.74) is 0. The third-order valence-electron chi connectivity index (χ3n) is 1.58. The molecule has 0 rings (SSSR count). The van der Waals surface area contributed by atoms with Crippen molar-refractivity contribution in [3.05, 3.63) is 0 Å². The fraction of sp³-hybridized carbons (Fsp3) is 0.625. The number of carbonyl (C=O) groups is 3. The van der Waals surface area contributed by atoms with Crippen LogP contribution in [0.1, 0.15) is 12.8 Å². The van der Waals surface area contributed by atoms with E-state index >= 15 is 0 Å². The molecule has 0 heterocycles. The molecule has 0 aromatic carbocycles. The van der Waals surface area contributed by atoms with Crippen molar-refractivity contribution in [1.82, 2.24) is 0 Å². The number of carbonyl (C=O) groups excluding carboxylic acids is 1. The molecule has 0 radical (unpaired) electrons. The van der Waals surface area contributed by atoms with Crippen LogP contribution >= 0.6 is 0 Å². The van der Waals surface area contributed by atoms with E-state index < -0.39 is 36.5 Å². The molecule has 0 fully saturated rings. The number of hydrogen-bond donors (Lipinski definition) is 2. The van der Waals surface area contributed by atoms with E-state index in [0.29, 0.717) is 0 Å². The lowest BCUT2D eigenvalue weighted by Crippen LogP contribution is -2.24. The van der Waals surface area contributed by atoms with Crippen LogP contribution in [0.4, 0.5) is 0 Å². The van der Waals surface area contributed by atoms with E-state index in [1.807, 2.05) is 0 Å². The van der Waals surface area contributed by atoms with Crippen molar-refractivity contribution >= 4 is 17.7 Å². The van der Waals surface area contributed by atoms with Crippen LogP contribution in [0.5, 0.6) is 0 Å². The molecular formula is C8H12O6. The van der Waals surface area contributed by atoms with Gasteiger partial charge in [-0.1, -0.05) is 0 Å². The van der Waals surface area contributed by atoms with Gasteiger partial charge in [-0.3, -0.25) is 14.4 Å². The summed E-state index contributed by atoms with van der Waals surface area (Å²) in [4.78, 5) is 31.8. The number of Topliss-reactive ketones (excluding diaryl/α,β-unsaturated/α-hetero) is 1. The third-order valence-corrected chi connectivity index (χ3v) is 1.58. The largest absolute Gasteiger partial charge is 0.481 e. The van der Waals surface area contributed by atoms with Crippen molar-refractivity contribution < 1.29 is 29.3 Å². The van der Waals surface area contributed by atoms with Crippen molar-refractivity contribution in [1.29, 1.82) is 0 Å². The van der Waals surface area contributed by atoms with E-state index in [-0.39, 0.29) is 6.61 Å². The van der Waals surface area contributed by atoms with Gasteiger partial charge in [-0.05, 0) is 0 Å². The van der Waals surface area contributed by atoms with Gasteiger partial charge in [0.2, 0.25) is 0 Å². The maximum atomic E-state index is 11.2. The van der Waals surface area contributed by atoms with E-state index in [0.717, 1.165) is 0 Å². The molecule has 0 saturated heterocycles. The van der Waals surface area contributed by atoms with Crippen molar-refractivity contribution in [2.24, 2.45) is 5.92 Å². The van der Waals surface area contributed by atoms with Crippen LogP contribution in [0.3, 0.4) is 0 Å². The van der Waals surface area contributed by atoms with Gasteiger partial charge < -0.3 is 14.9 Å². The SMILES string of the molecule is COCC(=O)C(CC(=O)O)CC(=O)O. The van der Waals surface area contributed by atoms with E-state index in [2.05, 4.69) is 4.74 Å². The molecule has 0 aliphatic rings. The summed E-state index contributed by atoms with van der Waals surface area (Å²) < 4.78 is 4.51. The van der Waals surface area contributed by atoms with Crippen LogP contribution in [0.25, 0.3) is 0 Å². The summed E-state index contributed by atoms with van der Waals surface area (Å²) in [5, 5.41) is 16.9. The molecular weight excluding hydrogens is 192 g/mol. The summed E-state index contributed by atoms with van der Waals surface area (Å²) in [6.07, 6.45) is -0.955. The van der Waals surface area contributed by atoms with Crippen molar-refractivity contribution in [3.63, 3.8) is 0 Å². The number of carboxylic acids is 2. The zero-order valence-corrected chi connectivity index (χ0v) is 7.73. The zero-order chi connectivity index (χ0) is 11.1. The maximum absolute atomic E-state index is 11.2. The fourth-order valence-corrected chi connectivity index (χ4v) is 0.982. The Kier molecular flexibility index (Phi) is 5.47. The van der Waals surface area contributed by atoms with Gasteiger partial charge in [-0.15, -0.1) is 0 Å². The van der Waals surface area contributed by atoms with Gasteiger partial charge in [0.05, 0.1) is 12.8 Å². The predicted molar refractivity (Wildman–Crippen MR) is 44.9 cm³/mol. The van der Waals surface area contributed by atoms with E-state index in [9.17, 15) is 14.4 Å². The summed E-state index contributed by atoms with van der Waals surface area (Å²) in [7, 11) is 1.29.